The second-order valence-corrected chi connectivity index (χ2v) is 9.82. The lowest BCUT2D eigenvalue weighted by atomic mass is 10.0. The zero-order valence-electron chi connectivity index (χ0n) is 19.5. The maximum Gasteiger partial charge on any atom is 0.296 e. The lowest BCUT2D eigenvalue weighted by Gasteiger charge is -2.16. The number of aliphatic hydroxyl groups excluding tert-OH is 1. The number of hydrogen-bond acceptors (Lipinski definition) is 8. The van der Waals surface area contributed by atoms with Crippen molar-refractivity contribution >= 4 is 28.6 Å². The number of hydrogen-bond donors (Lipinski definition) is 3. The molecule has 186 valence electrons. The summed E-state index contributed by atoms with van der Waals surface area (Å²) in [5.41, 5.74) is 5.22. The lowest BCUT2D eigenvalue weighted by Crippen LogP contribution is -2.34. The van der Waals surface area contributed by atoms with E-state index in [2.05, 4.69) is 38.5 Å². The van der Waals surface area contributed by atoms with Gasteiger partial charge in [-0.15, -0.1) is 0 Å². The fraction of sp³-hybridized carbons (Fsp3) is 0.520. The molecule has 0 spiro atoms. The van der Waals surface area contributed by atoms with Gasteiger partial charge in [-0.2, -0.15) is 4.98 Å². The van der Waals surface area contributed by atoms with E-state index in [-0.39, 0.29) is 31.0 Å². The van der Waals surface area contributed by atoms with Crippen LogP contribution in [-0.4, -0.2) is 71.4 Å². The summed E-state index contributed by atoms with van der Waals surface area (Å²) in [5, 5.41) is 14.0. The molecule has 2 fully saturated rings. The predicted molar refractivity (Wildman–Crippen MR) is 130 cm³/mol. The zero-order chi connectivity index (χ0) is 23.9. The van der Waals surface area contributed by atoms with Crippen LogP contribution in [-0.2, 0) is 27.1 Å². The quantitative estimate of drug-likeness (QED) is 0.404. The highest BCUT2D eigenvalue weighted by Gasteiger charge is 2.48. The first-order valence-corrected chi connectivity index (χ1v) is 12.5. The van der Waals surface area contributed by atoms with Gasteiger partial charge >= 0.3 is 0 Å². The number of anilines is 1. The van der Waals surface area contributed by atoms with Gasteiger partial charge in [-0.05, 0) is 48.4 Å². The Bertz CT molecular complexity index is 1220. The third kappa shape index (κ3) is 4.47. The monoisotopic (exact) mass is 500 g/mol. The predicted octanol–water partition coefficient (Wildman–Crippen LogP) is 3.20. The van der Waals surface area contributed by atoms with E-state index in [0.717, 1.165) is 32.3 Å². The zero-order valence-corrected chi connectivity index (χ0v) is 20.3. The molecule has 0 amide bonds. The summed E-state index contributed by atoms with van der Waals surface area (Å²) in [6.07, 6.45) is 2.41. The van der Waals surface area contributed by atoms with E-state index in [1.807, 2.05) is 6.07 Å². The highest BCUT2D eigenvalue weighted by atomic mass is 35.5. The second-order valence-electron chi connectivity index (χ2n) is 9.42. The van der Waals surface area contributed by atoms with Gasteiger partial charge in [0, 0.05) is 13.7 Å². The molecule has 4 heterocycles. The standard InChI is InChI=1S/C25H29ClN4O5/c1-32-8-2-3-13-4-6-15-14(9-13)5-7-17(15)27-23-16(26)10-18-24(29-23)30-25(28-18)35-20-12-34-21-19(31)11-33-22(20)21/h4,6,9-10,17,19-22,31H,2-3,5,7-8,11-12H2,1H3,(H2,27,28,29,30)/t17-,19+,20+,21+,22+/m0/s1. The Balaban J connectivity index is 1.16. The van der Waals surface area contributed by atoms with Crippen molar-refractivity contribution in [1.29, 1.82) is 0 Å². The normalized spacial score (nSPS) is 27.3. The molecule has 2 aromatic heterocycles. The topological polar surface area (TPSA) is 111 Å². The number of ether oxygens (including phenoxy) is 4. The van der Waals surface area contributed by atoms with Gasteiger partial charge in [0.25, 0.3) is 6.01 Å². The maximum absolute atomic E-state index is 9.93. The summed E-state index contributed by atoms with van der Waals surface area (Å²) in [6.45, 7) is 1.36. The molecule has 0 radical (unpaired) electrons. The van der Waals surface area contributed by atoms with Gasteiger partial charge in [-0.3, -0.25) is 0 Å². The average Bonchev–Trinajstić information content (AvgIpc) is 3.61. The number of aliphatic hydroxyl groups is 1. The van der Waals surface area contributed by atoms with Crippen LogP contribution in [0.1, 0.15) is 35.6 Å². The fourth-order valence-corrected chi connectivity index (χ4v) is 5.51. The summed E-state index contributed by atoms with van der Waals surface area (Å²) in [6, 6.07) is 9.01. The minimum absolute atomic E-state index is 0.147. The van der Waals surface area contributed by atoms with Crippen LogP contribution in [0.25, 0.3) is 11.2 Å². The number of rotatable bonds is 8. The van der Waals surface area contributed by atoms with Crippen molar-refractivity contribution in [2.75, 3.05) is 32.2 Å². The summed E-state index contributed by atoms with van der Waals surface area (Å²) in [4.78, 5) is 12.3. The van der Waals surface area contributed by atoms with Crippen molar-refractivity contribution in [2.24, 2.45) is 0 Å². The second kappa shape index (κ2) is 9.55. The van der Waals surface area contributed by atoms with E-state index in [9.17, 15) is 5.11 Å². The Morgan fingerprint density at radius 1 is 1.20 bits per heavy atom. The van der Waals surface area contributed by atoms with Gasteiger partial charge in [-0.1, -0.05) is 29.8 Å². The summed E-state index contributed by atoms with van der Waals surface area (Å²) < 4.78 is 22.4. The highest BCUT2D eigenvalue weighted by Crippen LogP contribution is 2.37. The smallest absolute Gasteiger partial charge is 0.296 e. The van der Waals surface area contributed by atoms with E-state index in [1.54, 1.807) is 7.11 Å². The van der Waals surface area contributed by atoms with Crippen LogP contribution >= 0.6 is 11.6 Å². The minimum atomic E-state index is -0.624. The van der Waals surface area contributed by atoms with Gasteiger partial charge in [0.15, 0.2) is 11.8 Å². The lowest BCUT2D eigenvalue weighted by molar-refractivity contribution is 0.00706. The molecule has 0 bridgehead atoms. The molecule has 5 atom stereocenters. The van der Waals surface area contributed by atoms with E-state index in [1.165, 1.54) is 16.7 Å². The molecular formula is C25H29ClN4O5. The van der Waals surface area contributed by atoms with Crippen LogP contribution in [0.15, 0.2) is 24.3 Å². The Hall–Kier alpha value is -2.43. The SMILES string of the molecule is COCCCc1ccc2c(c1)CC[C@@H]2Nc1nc2nc(O[C@@H]3CO[C@H]4[C@@H]3OC[C@H]4O)[nH]c2cc1Cl. The van der Waals surface area contributed by atoms with E-state index in [4.69, 9.17) is 30.5 Å². The summed E-state index contributed by atoms with van der Waals surface area (Å²) >= 11 is 6.58. The molecule has 3 aromatic rings. The van der Waals surface area contributed by atoms with Crippen molar-refractivity contribution < 1.29 is 24.1 Å². The first-order chi connectivity index (χ1) is 17.1. The molecule has 1 aliphatic carbocycles. The number of pyridine rings is 1. The van der Waals surface area contributed by atoms with Gasteiger partial charge in [-0.25, -0.2) is 4.98 Å². The fourth-order valence-electron chi connectivity index (χ4n) is 5.30. The molecule has 0 saturated carbocycles. The molecule has 35 heavy (non-hydrogen) atoms. The average molecular weight is 501 g/mol. The van der Waals surface area contributed by atoms with Gasteiger partial charge in [0.2, 0.25) is 0 Å². The molecule has 2 saturated heterocycles. The number of nitrogens with zero attached hydrogens (tertiary/aromatic N) is 2. The van der Waals surface area contributed by atoms with Crippen LogP contribution in [0, 0.1) is 0 Å². The first kappa shape index (κ1) is 23.0. The van der Waals surface area contributed by atoms with Crippen LogP contribution < -0.4 is 10.1 Å². The molecule has 3 aliphatic rings. The molecule has 3 N–H and O–H groups in total. The number of benzene rings is 1. The molecule has 10 heteroatoms. The number of aromatic amines is 1. The van der Waals surface area contributed by atoms with Crippen LogP contribution in [0.2, 0.25) is 5.02 Å². The van der Waals surface area contributed by atoms with Crippen molar-refractivity contribution in [3.8, 4) is 6.01 Å². The third-order valence-electron chi connectivity index (χ3n) is 7.06. The highest BCUT2D eigenvalue weighted by molar-refractivity contribution is 6.33. The van der Waals surface area contributed by atoms with Gasteiger partial charge in [0.1, 0.15) is 24.1 Å². The van der Waals surface area contributed by atoms with E-state index >= 15 is 0 Å². The van der Waals surface area contributed by atoms with Crippen LogP contribution in [0.3, 0.4) is 0 Å². The van der Waals surface area contributed by atoms with E-state index < -0.39 is 6.10 Å². The molecule has 2 aliphatic heterocycles. The number of aryl methyl sites for hydroxylation is 2. The molecule has 0 unspecified atom stereocenters. The number of nitrogens with one attached hydrogen (secondary N) is 2. The summed E-state index contributed by atoms with van der Waals surface area (Å²) in [5.74, 6) is 0.603. The number of imidazole rings is 1. The maximum atomic E-state index is 9.93. The largest absolute Gasteiger partial charge is 0.456 e. The Kier molecular flexibility index (Phi) is 6.28. The van der Waals surface area contributed by atoms with Gasteiger partial charge in [0.05, 0.1) is 29.8 Å². The number of H-pyrrole nitrogens is 1. The Morgan fingerprint density at radius 3 is 2.97 bits per heavy atom. The van der Waals surface area contributed by atoms with Crippen LogP contribution in [0.4, 0.5) is 5.82 Å². The van der Waals surface area contributed by atoms with Crippen molar-refractivity contribution in [3.63, 3.8) is 0 Å². The van der Waals surface area contributed by atoms with Crippen molar-refractivity contribution in [2.45, 2.75) is 56.1 Å². The Morgan fingerprint density at radius 2 is 2.09 bits per heavy atom. The van der Waals surface area contributed by atoms with Crippen molar-refractivity contribution in [3.05, 3.63) is 46.0 Å². The molecule has 6 rings (SSSR count). The van der Waals surface area contributed by atoms with Crippen LogP contribution in [0.5, 0.6) is 6.01 Å². The Labute approximate surface area is 208 Å². The molecule has 9 nitrogen and oxygen atoms in total. The van der Waals surface area contributed by atoms with E-state index in [0.29, 0.717) is 34.6 Å². The van der Waals surface area contributed by atoms with Gasteiger partial charge < -0.3 is 34.4 Å². The third-order valence-corrected chi connectivity index (χ3v) is 7.35. The summed E-state index contributed by atoms with van der Waals surface area (Å²) in [7, 11) is 1.74. The number of aromatic nitrogens is 3. The first-order valence-electron chi connectivity index (χ1n) is 12.1. The molecule has 1 aromatic carbocycles. The minimum Gasteiger partial charge on any atom is -0.456 e. The van der Waals surface area contributed by atoms with Crippen molar-refractivity contribution in [1.82, 2.24) is 15.0 Å². The number of methoxy groups -OCH3 is 1. The number of fused-ring (bicyclic) bond motifs is 3. The number of halogens is 1. The molecular weight excluding hydrogens is 472 g/mol.